The molecule has 3 heterocycles. The first-order valence-electron chi connectivity index (χ1n) is 9.24. The maximum absolute atomic E-state index is 13.2. The van der Waals surface area contributed by atoms with Gasteiger partial charge in [0, 0.05) is 30.1 Å². The summed E-state index contributed by atoms with van der Waals surface area (Å²) in [6.45, 7) is 6.35. The van der Waals surface area contributed by atoms with Gasteiger partial charge in [0.15, 0.2) is 5.00 Å². The zero-order valence-corrected chi connectivity index (χ0v) is 17.9. The van der Waals surface area contributed by atoms with Crippen LogP contribution in [0.2, 0.25) is 0 Å². The van der Waals surface area contributed by atoms with Crippen molar-refractivity contribution < 1.29 is 9.90 Å². The Balaban J connectivity index is 1.78. The van der Waals surface area contributed by atoms with E-state index in [-0.39, 0.29) is 24.4 Å². The molecule has 1 aliphatic heterocycles. The van der Waals surface area contributed by atoms with E-state index in [1.807, 2.05) is 15.7 Å². The van der Waals surface area contributed by atoms with Crippen molar-refractivity contribution in [2.45, 2.75) is 51.2 Å². The van der Waals surface area contributed by atoms with Crippen LogP contribution in [-0.4, -0.2) is 46.2 Å². The van der Waals surface area contributed by atoms with Crippen LogP contribution in [0.3, 0.4) is 0 Å². The molecule has 1 fully saturated rings. The van der Waals surface area contributed by atoms with E-state index in [2.05, 4.69) is 22.1 Å². The summed E-state index contributed by atoms with van der Waals surface area (Å²) in [6.07, 6.45) is 3.04. The van der Waals surface area contributed by atoms with E-state index >= 15 is 0 Å². The van der Waals surface area contributed by atoms with Gasteiger partial charge in [-0.25, -0.2) is 4.98 Å². The average molecular weight is 420 g/mol. The fraction of sp³-hybridized carbons (Fsp3) is 0.526. The molecule has 1 aliphatic rings. The van der Waals surface area contributed by atoms with Gasteiger partial charge >= 0.3 is 0 Å². The van der Waals surface area contributed by atoms with Gasteiger partial charge in [-0.15, -0.1) is 27.8 Å². The Bertz CT molecular complexity index is 868. The normalized spacial score (nSPS) is 20.6. The first-order valence-corrected chi connectivity index (χ1v) is 11.0. The van der Waals surface area contributed by atoms with Crippen molar-refractivity contribution in [3.05, 3.63) is 33.1 Å². The van der Waals surface area contributed by atoms with Gasteiger partial charge in [0.2, 0.25) is 0 Å². The first kappa shape index (κ1) is 20.8. The van der Waals surface area contributed by atoms with Gasteiger partial charge in [-0.3, -0.25) is 4.79 Å². The molecule has 0 bridgehead atoms. The lowest BCUT2D eigenvalue weighted by Crippen LogP contribution is -2.44. The molecule has 150 valence electrons. The van der Waals surface area contributed by atoms with Gasteiger partial charge in [0.05, 0.1) is 17.8 Å². The molecule has 1 saturated heterocycles. The minimum atomic E-state index is -0.951. The maximum Gasteiger partial charge on any atom is 0.257 e. The van der Waals surface area contributed by atoms with Crippen molar-refractivity contribution >= 4 is 39.8 Å². The van der Waals surface area contributed by atoms with Gasteiger partial charge in [0.1, 0.15) is 10.6 Å². The Labute approximate surface area is 172 Å². The molecule has 0 radical (unpaired) electrons. The summed E-state index contributed by atoms with van der Waals surface area (Å²) in [6, 6.07) is 1.93. The summed E-state index contributed by atoms with van der Waals surface area (Å²) in [5, 5.41) is 30.4. The number of carbonyl (C=O) groups is 1. The highest BCUT2D eigenvalue weighted by atomic mass is 32.1. The number of likely N-dealkylation sites (tertiary alicyclic amines) is 1. The molecule has 7 nitrogen and oxygen atoms in total. The maximum atomic E-state index is 13.2. The molecule has 2 aromatic heterocycles. The standard InChI is InChI=1S/C19H25N5O2S2/c1-12-4-5-13(15-11-28-18(22-15)19(2,3)26)10-24(12)17(25)14-6-9-27-16(14)23-21-8-7-20/h6-7,9,11-13,20,26H,4-5,8,10H2,1-3H3. The Morgan fingerprint density at radius 3 is 2.93 bits per heavy atom. The van der Waals surface area contributed by atoms with Crippen LogP contribution in [0.1, 0.15) is 60.6 Å². The van der Waals surface area contributed by atoms with Crippen molar-refractivity contribution in [1.82, 2.24) is 9.88 Å². The number of hydrogen-bond donors (Lipinski definition) is 2. The van der Waals surface area contributed by atoms with Gasteiger partial charge in [0.25, 0.3) is 5.91 Å². The number of aromatic nitrogens is 1. The molecule has 2 aromatic rings. The quantitative estimate of drug-likeness (QED) is 0.529. The summed E-state index contributed by atoms with van der Waals surface area (Å²) >= 11 is 2.84. The number of amides is 1. The van der Waals surface area contributed by atoms with E-state index in [9.17, 15) is 9.90 Å². The molecule has 0 spiro atoms. The molecule has 0 saturated carbocycles. The number of thiophene rings is 1. The fourth-order valence-corrected chi connectivity index (χ4v) is 4.87. The smallest absolute Gasteiger partial charge is 0.257 e. The van der Waals surface area contributed by atoms with Crippen molar-refractivity contribution in [3.63, 3.8) is 0 Å². The van der Waals surface area contributed by atoms with Gasteiger partial charge in [-0.05, 0) is 45.1 Å². The number of nitrogens with one attached hydrogen (secondary N) is 1. The lowest BCUT2D eigenvalue weighted by molar-refractivity contribution is 0.0605. The van der Waals surface area contributed by atoms with Crippen LogP contribution in [0.15, 0.2) is 27.1 Å². The van der Waals surface area contributed by atoms with E-state index < -0.39 is 5.60 Å². The Morgan fingerprint density at radius 2 is 2.25 bits per heavy atom. The summed E-state index contributed by atoms with van der Waals surface area (Å²) in [5.74, 6) is 0.120. The monoisotopic (exact) mass is 419 g/mol. The molecule has 2 atom stereocenters. The van der Waals surface area contributed by atoms with Gasteiger partial charge in [-0.1, -0.05) is 0 Å². The van der Waals surface area contributed by atoms with Crippen LogP contribution in [0.4, 0.5) is 5.00 Å². The van der Waals surface area contributed by atoms with E-state index in [1.54, 1.807) is 19.9 Å². The second-order valence-corrected chi connectivity index (χ2v) is 9.24. The largest absolute Gasteiger partial charge is 0.383 e. The Kier molecular flexibility index (Phi) is 6.36. The highest BCUT2D eigenvalue weighted by Gasteiger charge is 2.33. The summed E-state index contributed by atoms with van der Waals surface area (Å²) in [7, 11) is 0. The molecular weight excluding hydrogens is 394 g/mol. The highest BCUT2D eigenvalue weighted by Crippen LogP contribution is 2.35. The molecule has 0 aliphatic carbocycles. The van der Waals surface area contributed by atoms with E-state index in [1.165, 1.54) is 28.9 Å². The van der Waals surface area contributed by atoms with Crippen molar-refractivity contribution in [2.24, 2.45) is 10.2 Å². The van der Waals surface area contributed by atoms with Crippen LogP contribution in [0.25, 0.3) is 0 Å². The van der Waals surface area contributed by atoms with Crippen molar-refractivity contribution in [1.29, 1.82) is 5.41 Å². The van der Waals surface area contributed by atoms with Crippen LogP contribution >= 0.6 is 22.7 Å². The predicted molar refractivity (Wildman–Crippen MR) is 112 cm³/mol. The molecular formula is C19H25N5O2S2. The number of aliphatic hydroxyl groups is 1. The average Bonchev–Trinajstić information content (AvgIpc) is 3.31. The van der Waals surface area contributed by atoms with Crippen molar-refractivity contribution in [2.75, 3.05) is 13.1 Å². The van der Waals surface area contributed by atoms with Gasteiger partial charge in [-0.2, -0.15) is 5.11 Å². The minimum absolute atomic E-state index is 0.0415. The van der Waals surface area contributed by atoms with E-state index in [0.29, 0.717) is 22.1 Å². The summed E-state index contributed by atoms with van der Waals surface area (Å²) in [5.41, 5.74) is 0.553. The molecule has 3 rings (SSSR count). The number of nitrogens with zero attached hydrogens (tertiary/aromatic N) is 4. The predicted octanol–water partition coefficient (Wildman–Crippen LogP) is 4.57. The molecule has 28 heavy (non-hydrogen) atoms. The second kappa shape index (κ2) is 8.59. The number of piperidine rings is 1. The SMILES string of the molecule is CC1CCC(c2csc(C(C)(C)O)n2)CN1C(=O)c1ccsc1N=NCC=N. The van der Waals surface area contributed by atoms with Crippen LogP contribution in [0.5, 0.6) is 0 Å². The molecule has 2 unspecified atom stereocenters. The van der Waals surface area contributed by atoms with E-state index in [4.69, 9.17) is 5.41 Å². The third kappa shape index (κ3) is 4.53. The number of azo groups is 1. The second-order valence-electron chi connectivity index (χ2n) is 7.48. The highest BCUT2D eigenvalue weighted by molar-refractivity contribution is 7.14. The lowest BCUT2D eigenvalue weighted by atomic mass is 9.91. The van der Waals surface area contributed by atoms with Crippen molar-refractivity contribution in [3.8, 4) is 0 Å². The third-order valence-corrected chi connectivity index (χ3v) is 6.79. The summed E-state index contributed by atoms with van der Waals surface area (Å²) < 4.78 is 0. The number of rotatable bonds is 6. The summed E-state index contributed by atoms with van der Waals surface area (Å²) in [4.78, 5) is 19.7. The first-order chi connectivity index (χ1) is 13.3. The van der Waals surface area contributed by atoms with Crippen LogP contribution < -0.4 is 0 Å². The molecule has 0 aromatic carbocycles. The minimum Gasteiger partial charge on any atom is -0.383 e. The zero-order valence-electron chi connectivity index (χ0n) is 16.3. The van der Waals surface area contributed by atoms with Gasteiger partial charge < -0.3 is 15.4 Å². The topological polar surface area (TPSA) is 102 Å². The number of hydrogen-bond acceptors (Lipinski definition) is 8. The van der Waals surface area contributed by atoms with E-state index in [0.717, 1.165) is 18.5 Å². The molecule has 9 heteroatoms. The molecule has 1 amide bonds. The number of carbonyl (C=O) groups excluding carboxylic acids is 1. The number of thiazole rings is 1. The zero-order chi connectivity index (χ0) is 20.3. The fourth-order valence-electron chi connectivity index (χ4n) is 3.23. The Morgan fingerprint density at radius 1 is 1.46 bits per heavy atom. The van der Waals surface area contributed by atoms with Crippen LogP contribution in [-0.2, 0) is 5.60 Å². The Hall–Kier alpha value is -1.97. The molecule has 2 N–H and O–H groups in total. The lowest BCUT2D eigenvalue weighted by Gasteiger charge is -2.37. The third-order valence-electron chi connectivity index (χ3n) is 4.82. The van der Waals surface area contributed by atoms with Crippen LogP contribution in [0, 0.1) is 5.41 Å².